The molecule has 0 fully saturated rings. The highest BCUT2D eigenvalue weighted by Gasteiger charge is 2.27. The third kappa shape index (κ3) is 5.95. The molecule has 300 valence electrons. The maximum atomic E-state index is 10.9. The number of hydrogen-bond donors (Lipinski definition) is 5. The van der Waals surface area contributed by atoms with Gasteiger partial charge >= 0.3 is 0 Å². The normalized spacial score (nSPS) is 12.5. The maximum absolute atomic E-state index is 10.9. The molecule has 7 nitrogen and oxygen atoms in total. The molecule has 0 unspecified atom stereocenters. The average molecular weight is 827 g/mol. The van der Waals surface area contributed by atoms with E-state index in [-0.39, 0.29) is 5.69 Å². The molecule has 0 saturated heterocycles. The van der Waals surface area contributed by atoms with Gasteiger partial charge in [0.05, 0.1) is 11.0 Å². The monoisotopic (exact) mass is 826 g/mol. The molecule has 8 heteroatoms. The van der Waals surface area contributed by atoms with Gasteiger partial charge in [-0.1, -0.05) is 115 Å². The van der Waals surface area contributed by atoms with E-state index in [1.54, 1.807) is 4.57 Å². The van der Waals surface area contributed by atoms with Crippen LogP contribution in [0.5, 0.6) is 28.7 Å². The minimum atomic E-state index is -1.00. The molecule has 5 N–H and O–H groups in total. The van der Waals surface area contributed by atoms with Gasteiger partial charge in [-0.25, -0.2) is 0 Å². The van der Waals surface area contributed by atoms with E-state index in [4.69, 9.17) is 0 Å². The topological polar surface area (TPSA) is 109 Å². The summed E-state index contributed by atoms with van der Waals surface area (Å²) < 4.78 is 2.90. The number of phenols is 5. The first-order valence-electron chi connectivity index (χ1n) is 20.4. The highest BCUT2D eigenvalue weighted by atomic mass is 32.1. The van der Waals surface area contributed by atoms with Crippen molar-refractivity contribution >= 4 is 65.9 Å². The molecule has 2 heterocycles. The zero-order valence-corrected chi connectivity index (χ0v) is 34.0. The quantitative estimate of drug-likeness (QED) is 0.0809. The predicted molar refractivity (Wildman–Crippen MR) is 252 cm³/mol. The van der Waals surface area contributed by atoms with Gasteiger partial charge in [-0.15, -0.1) is 11.3 Å². The van der Waals surface area contributed by atoms with Gasteiger partial charge in [-0.05, 0) is 118 Å². The van der Waals surface area contributed by atoms with Crippen LogP contribution in [-0.2, 0) is 6.42 Å². The van der Waals surface area contributed by atoms with Crippen molar-refractivity contribution in [1.29, 1.82) is 0 Å². The van der Waals surface area contributed by atoms with Crippen LogP contribution in [0.1, 0.15) is 22.4 Å². The number of aromatic nitrogens is 1. The minimum Gasteiger partial charge on any atom is -0.503 e. The second kappa shape index (κ2) is 14.7. The van der Waals surface area contributed by atoms with E-state index < -0.39 is 28.7 Å². The van der Waals surface area contributed by atoms with Crippen LogP contribution in [0.25, 0.3) is 65.4 Å². The highest BCUT2D eigenvalue weighted by Crippen LogP contribution is 2.54. The number of anilines is 3. The Bertz CT molecular complexity index is 3360. The highest BCUT2D eigenvalue weighted by molar-refractivity contribution is 7.20. The summed E-state index contributed by atoms with van der Waals surface area (Å²) in [6, 6.07) is 58.6. The molecule has 0 radical (unpaired) electrons. The average Bonchev–Trinajstić information content (AvgIpc) is 3.87. The first kappa shape index (κ1) is 37.1. The van der Waals surface area contributed by atoms with Crippen LogP contribution in [0.4, 0.5) is 17.1 Å². The standard InChI is InChI=1S/C54H38N2O5S/c57-49-48(50(58)52(60)53(61)51(49)59)56-45-15-6-4-11-41(45)44-31-36(23-30-46(44)56)34-19-26-38(27-20-34)55(37-24-17-33(18-25-37)32-9-2-1-3-10-32)39-28-21-35(22-29-39)40-13-8-14-43-42-12-5-7-16-47(42)62-54(40)43/h1-7,9-13,15-31,57-61H,8,14H2. The number of fused-ring (bicyclic) bond motifs is 6. The summed E-state index contributed by atoms with van der Waals surface area (Å²) in [6.07, 6.45) is 4.47. The number of allylic oxidation sites excluding steroid dienone is 1. The number of benzene rings is 8. The van der Waals surface area contributed by atoms with Crippen LogP contribution in [0.3, 0.4) is 0 Å². The van der Waals surface area contributed by atoms with Crippen molar-refractivity contribution in [2.45, 2.75) is 12.8 Å². The number of aromatic hydroxyl groups is 5. The zero-order valence-electron chi connectivity index (χ0n) is 33.2. The van der Waals surface area contributed by atoms with E-state index in [1.165, 1.54) is 31.7 Å². The summed E-state index contributed by atoms with van der Waals surface area (Å²) in [6.45, 7) is 0. The number of hydrogen-bond acceptors (Lipinski definition) is 7. The second-order valence-electron chi connectivity index (χ2n) is 15.6. The van der Waals surface area contributed by atoms with Crippen molar-refractivity contribution in [2.75, 3.05) is 4.90 Å². The molecule has 11 rings (SSSR count). The van der Waals surface area contributed by atoms with Gasteiger partial charge in [0.15, 0.2) is 11.5 Å². The summed E-state index contributed by atoms with van der Waals surface area (Å²) >= 11 is 1.88. The summed E-state index contributed by atoms with van der Waals surface area (Å²) in [4.78, 5) is 3.65. The molecule has 1 aliphatic rings. The van der Waals surface area contributed by atoms with Crippen LogP contribution in [0.15, 0.2) is 176 Å². The van der Waals surface area contributed by atoms with Crippen LogP contribution >= 0.6 is 11.3 Å². The van der Waals surface area contributed by atoms with E-state index in [1.807, 2.05) is 53.8 Å². The lowest BCUT2D eigenvalue weighted by Gasteiger charge is -2.26. The van der Waals surface area contributed by atoms with Crippen LogP contribution in [0.2, 0.25) is 0 Å². The Morgan fingerprint density at radius 2 is 0.935 bits per heavy atom. The molecule has 1 aliphatic carbocycles. The van der Waals surface area contributed by atoms with Crippen LogP contribution in [0, 0.1) is 0 Å². The summed E-state index contributed by atoms with van der Waals surface area (Å²) in [5.41, 5.74) is 12.2. The van der Waals surface area contributed by atoms with E-state index in [0.29, 0.717) is 11.0 Å². The fourth-order valence-corrected chi connectivity index (χ4v) is 10.3. The Kier molecular flexibility index (Phi) is 8.77. The molecule has 62 heavy (non-hydrogen) atoms. The fourth-order valence-electron chi connectivity index (χ4n) is 9.02. The van der Waals surface area contributed by atoms with Gasteiger partial charge in [0.1, 0.15) is 5.69 Å². The lowest BCUT2D eigenvalue weighted by atomic mass is 9.91. The summed E-state index contributed by atoms with van der Waals surface area (Å²) in [5.74, 6) is -4.38. The number of nitrogens with zero attached hydrogens (tertiary/aromatic N) is 2. The van der Waals surface area contributed by atoms with Crippen molar-refractivity contribution in [2.24, 2.45) is 0 Å². The molecular weight excluding hydrogens is 789 g/mol. The largest absolute Gasteiger partial charge is 0.503 e. The van der Waals surface area contributed by atoms with Gasteiger partial charge in [-0.2, -0.15) is 0 Å². The van der Waals surface area contributed by atoms with E-state index in [9.17, 15) is 25.5 Å². The smallest absolute Gasteiger partial charge is 0.208 e. The van der Waals surface area contributed by atoms with Crippen LogP contribution in [-0.4, -0.2) is 30.1 Å². The molecular formula is C54H38N2O5S. The Morgan fingerprint density at radius 1 is 0.435 bits per heavy atom. The fraction of sp³-hybridized carbons (Fsp3) is 0.0370. The molecule has 10 aromatic rings. The lowest BCUT2D eigenvalue weighted by Crippen LogP contribution is -2.10. The molecule has 0 bridgehead atoms. The third-order valence-corrected chi connectivity index (χ3v) is 13.3. The van der Waals surface area contributed by atoms with Crippen molar-refractivity contribution in [3.8, 4) is 56.7 Å². The number of para-hydroxylation sites is 1. The van der Waals surface area contributed by atoms with Gasteiger partial charge in [-0.3, -0.25) is 0 Å². The number of thiophene rings is 1. The van der Waals surface area contributed by atoms with E-state index in [2.05, 4.69) is 138 Å². The number of phenolic OH excluding ortho intramolecular Hbond substituents is 5. The first-order chi connectivity index (χ1) is 30.3. The van der Waals surface area contributed by atoms with E-state index in [0.717, 1.165) is 62.9 Å². The molecule has 0 aliphatic heterocycles. The SMILES string of the molecule is Oc1c(O)c(O)c(-n2c3ccccc3c3cc(-c4ccc(N(c5ccc(C6=CCCc7c6sc6ccccc76)cc5)c5ccc(-c6ccccc6)cc5)cc4)ccc32)c(O)c1O. The molecule has 0 amide bonds. The summed E-state index contributed by atoms with van der Waals surface area (Å²) in [7, 11) is 0. The summed E-state index contributed by atoms with van der Waals surface area (Å²) in [5, 5.41) is 55.8. The second-order valence-corrected chi connectivity index (χ2v) is 16.6. The molecule has 0 saturated carbocycles. The first-order valence-corrected chi connectivity index (χ1v) is 21.3. The van der Waals surface area contributed by atoms with E-state index >= 15 is 0 Å². The zero-order chi connectivity index (χ0) is 42.1. The molecule has 8 aromatic carbocycles. The Hall–Kier alpha value is -7.94. The number of aryl methyl sites for hydroxylation is 1. The number of rotatable bonds is 7. The van der Waals surface area contributed by atoms with Gasteiger partial charge < -0.3 is 35.0 Å². The van der Waals surface area contributed by atoms with Crippen molar-refractivity contribution in [3.63, 3.8) is 0 Å². The Labute approximate surface area is 360 Å². The maximum Gasteiger partial charge on any atom is 0.208 e. The van der Waals surface area contributed by atoms with Gasteiger partial charge in [0, 0.05) is 37.4 Å². The predicted octanol–water partition coefficient (Wildman–Crippen LogP) is 13.7. The van der Waals surface area contributed by atoms with Crippen molar-refractivity contribution in [1.82, 2.24) is 4.57 Å². The van der Waals surface area contributed by atoms with Gasteiger partial charge in [0.25, 0.3) is 0 Å². The van der Waals surface area contributed by atoms with Crippen molar-refractivity contribution in [3.05, 3.63) is 192 Å². The molecule has 0 atom stereocenters. The Balaban J connectivity index is 0.978. The minimum absolute atomic E-state index is 0.244. The van der Waals surface area contributed by atoms with Crippen molar-refractivity contribution < 1.29 is 25.5 Å². The molecule has 0 spiro atoms. The van der Waals surface area contributed by atoms with Gasteiger partial charge in [0.2, 0.25) is 17.2 Å². The molecule has 2 aromatic heterocycles. The Morgan fingerprint density at radius 3 is 1.60 bits per heavy atom. The van der Waals surface area contributed by atoms with Crippen LogP contribution < -0.4 is 4.90 Å². The third-order valence-electron chi connectivity index (χ3n) is 12.1. The lowest BCUT2D eigenvalue weighted by molar-refractivity contribution is 0.327.